The van der Waals surface area contributed by atoms with Crippen LogP contribution in [0.15, 0.2) is 4.42 Å². The fourth-order valence-corrected chi connectivity index (χ4v) is 1.14. The Labute approximate surface area is 96.6 Å². The molecule has 0 fully saturated rings. The van der Waals surface area contributed by atoms with Gasteiger partial charge < -0.3 is 15.5 Å². The summed E-state index contributed by atoms with van der Waals surface area (Å²) in [7, 11) is 0. The Balaban J connectivity index is 2.18. The van der Waals surface area contributed by atoms with Gasteiger partial charge in [0.1, 0.15) is 0 Å². The van der Waals surface area contributed by atoms with Crippen molar-refractivity contribution in [2.75, 3.05) is 11.9 Å². The number of nitrogens with one attached hydrogen (secondary N) is 1. The van der Waals surface area contributed by atoms with Crippen molar-refractivity contribution in [3.8, 4) is 0 Å². The molecule has 0 aliphatic rings. The number of alkyl halides is 3. The van der Waals surface area contributed by atoms with Crippen LogP contribution in [0, 0.1) is 0 Å². The van der Waals surface area contributed by atoms with Crippen LogP contribution in [0.3, 0.4) is 0 Å². The first-order chi connectivity index (χ1) is 7.88. The Kier molecular flexibility index (Phi) is 4.73. The molecule has 1 rings (SSSR count). The third-order valence-corrected chi connectivity index (χ3v) is 1.99. The van der Waals surface area contributed by atoms with Crippen LogP contribution >= 0.6 is 0 Å². The zero-order chi connectivity index (χ0) is 12.9. The Morgan fingerprint density at radius 2 is 2.06 bits per heavy atom. The maximum absolute atomic E-state index is 11.8. The second-order valence-corrected chi connectivity index (χ2v) is 3.73. The molecule has 0 aromatic carbocycles. The van der Waals surface area contributed by atoms with Crippen molar-refractivity contribution >= 4 is 6.01 Å². The van der Waals surface area contributed by atoms with Gasteiger partial charge in [-0.3, -0.25) is 0 Å². The van der Waals surface area contributed by atoms with E-state index < -0.39 is 12.6 Å². The van der Waals surface area contributed by atoms with Gasteiger partial charge in [-0.1, -0.05) is 5.10 Å². The second kappa shape index (κ2) is 5.85. The number of nitrogens with two attached hydrogens (primary N) is 1. The maximum atomic E-state index is 11.8. The van der Waals surface area contributed by atoms with E-state index in [4.69, 9.17) is 10.2 Å². The molecule has 0 aliphatic carbocycles. The van der Waals surface area contributed by atoms with Crippen LogP contribution in [0.2, 0.25) is 0 Å². The molecule has 1 aromatic heterocycles. The fourth-order valence-electron chi connectivity index (χ4n) is 1.14. The van der Waals surface area contributed by atoms with E-state index in [2.05, 4.69) is 15.5 Å². The highest BCUT2D eigenvalue weighted by Gasteiger charge is 2.25. The van der Waals surface area contributed by atoms with Crippen LogP contribution in [0.25, 0.3) is 0 Å². The predicted molar refractivity (Wildman–Crippen MR) is 55.3 cm³/mol. The van der Waals surface area contributed by atoms with E-state index in [-0.39, 0.29) is 18.5 Å². The molecule has 0 radical (unpaired) electrons. The standard InChI is InChI=1S/C9H15F3N4O/c1-6(13)7-15-16-8(17-7)14-5-3-2-4-9(10,11)12/h6H,2-5,13H2,1H3,(H,14,16). The summed E-state index contributed by atoms with van der Waals surface area (Å²) in [6.45, 7) is 2.05. The smallest absolute Gasteiger partial charge is 0.389 e. The molecule has 0 amide bonds. The molecule has 8 heteroatoms. The normalized spacial score (nSPS) is 13.7. The first-order valence-corrected chi connectivity index (χ1v) is 5.28. The lowest BCUT2D eigenvalue weighted by molar-refractivity contribution is -0.135. The SMILES string of the molecule is CC(N)c1nnc(NCCCCC(F)(F)F)o1. The molecular formula is C9H15F3N4O. The van der Waals surface area contributed by atoms with Crippen LogP contribution in [0.5, 0.6) is 0 Å². The van der Waals surface area contributed by atoms with Gasteiger partial charge >= 0.3 is 12.2 Å². The molecular weight excluding hydrogens is 237 g/mol. The molecule has 17 heavy (non-hydrogen) atoms. The van der Waals surface area contributed by atoms with Crippen molar-refractivity contribution in [2.45, 2.75) is 38.4 Å². The molecule has 3 N–H and O–H groups in total. The number of hydrogen-bond donors (Lipinski definition) is 2. The van der Waals surface area contributed by atoms with Crippen LogP contribution in [0.1, 0.15) is 38.1 Å². The van der Waals surface area contributed by atoms with E-state index in [1.165, 1.54) is 0 Å². The number of anilines is 1. The van der Waals surface area contributed by atoms with Crippen LogP contribution in [0.4, 0.5) is 19.2 Å². The molecule has 0 bridgehead atoms. The lowest BCUT2D eigenvalue weighted by Gasteiger charge is -2.05. The lowest BCUT2D eigenvalue weighted by atomic mass is 10.2. The summed E-state index contributed by atoms with van der Waals surface area (Å²) < 4.78 is 40.6. The van der Waals surface area contributed by atoms with Crippen LogP contribution in [-0.2, 0) is 0 Å². The van der Waals surface area contributed by atoms with Crippen molar-refractivity contribution in [1.82, 2.24) is 10.2 Å². The molecule has 0 spiro atoms. The first kappa shape index (κ1) is 13.8. The van der Waals surface area contributed by atoms with Gasteiger partial charge in [0.2, 0.25) is 5.89 Å². The van der Waals surface area contributed by atoms with Crippen molar-refractivity contribution in [3.63, 3.8) is 0 Å². The molecule has 1 unspecified atom stereocenters. The largest absolute Gasteiger partial charge is 0.406 e. The van der Waals surface area contributed by atoms with Crippen molar-refractivity contribution in [1.29, 1.82) is 0 Å². The van der Waals surface area contributed by atoms with Gasteiger partial charge in [0, 0.05) is 13.0 Å². The number of hydrogen-bond acceptors (Lipinski definition) is 5. The van der Waals surface area contributed by atoms with E-state index in [1.807, 2.05) is 0 Å². The van der Waals surface area contributed by atoms with Gasteiger partial charge in [-0.2, -0.15) is 13.2 Å². The van der Waals surface area contributed by atoms with Crippen molar-refractivity contribution < 1.29 is 17.6 Å². The Morgan fingerprint density at radius 3 is 2.59 bits per heavy atom. The number of aromatic nitrogens is 2. The van der Waals surface area contributed by atoms with Gasteiger partial charge in [0.15, 0.2) is 0 Å². The number of halogens is 3. The highest BCUT2D eigenvalue weighted by Crippen LogP contribution is 2.22. The van der Waals surface area contributed by atoms with Crippen molar-refractivity contribution in [3.05, 3.63) is 5.89 Å². The van der Waals surface area contributed by atoms with Gasteiger partial charge in [0.25, 0.3) is 0 Å². The summed E-state index contributed by atoms with van der Waals surface area (Å²) >= 11 is 0. The molecule has 0 saturated carbocycles. The van der Waals surface area contributed by atoms with Gasteiger partial charge in [-0.05, 0) is 19.8 Å². The van der Waals surface area contributed by atoms with E-state index in [0.29, 0.717) is 18.9 Å². The van der Waals surface area contributed by atoms with Gasteiger partial charge in [-0.25, -0.2) is 0 Å². The molecule has 1 atom stereocenters. The summed E-state index contributed by atoms with van der Waals surface area (Å²) in [4.78, 5) is 0. The summed E-state index contributed by atoms with van der Waals surface area (Å²) in [6, 6.07) is -0.174. The maximum Gasteiger partial charge on any atom is 0.389 e. The summed E-state index contributed by atoms with van der Waals surface area (Å²) in [6.07, 6.45) is -4.41. The first-order valence-electron chi connectivity index (χ1n) is 5.28. The third-order valence-electron chi connectivity index (χ3n) is 1.99. The number of nitrogens with zero attached hydrogens (tertiary/aromatic N) is 2. The molecule has 0 saturated heterocycles. The quantitative estimate of drug-likeness (QED) is 0.759. The zero-order valence-electron chi connectivity index (χ0n) is 9.42. The van der Waals surface area contributed by atoms with Crippen LogP contribution < -0.4 is 11.1 Å². The predicted octanol–water partition coefficient (Wildman–Crippen LogP) is 2.23. The molecule has 1 aromatic rings. The number of rotatable bonds is 6. The molecule has 5 nitrogen and oxygen atoms in total. The van der Waals surface area contributed by atoms with E-state index in [0.717, 1.165) is 0 Å². The Morgan fingerprint density at radius 1 is 1.35 bits per heavy atom. The average molecular weight is 252 g/mol. The molecule has 1 heterocycles. The average Bonchev–Trinajstić information content (AvgIpc) is 2.64. The highest BCUT2D eigenvalue weighted by molar-refractivity contribution is 5.16. The summed E-state index contributed by atoms with van der Waals surface area (Å²) in [5.74, 6) is 0.294. The minimum atomic E-state index is -4.09. The third kappa shape index (κ3) is 5.53. The summed E-state index contributed by atoms with van der Waals surface area (Å²) in [5, 5.41) is 10.1. The van der Waals surface area contributed by atoms with E-state index in [9.17, 15) is 13.2 Å². The van der Waals surface area contributed by atoms with E-state index >= 15 is 0 Å². The fraction of sp³-hybridized carbons (Fsp3) is 0.778. The topological polar surface area (TPSA) is 77.0 Å². The molecule has 0 aliphatic heterocycles. The summed E-state index contributed by atoms with van der Waals surface area (Å²) in [5.41, 5.74) is 5.50. The van der Waals surface area contributed by atoms with Gasteiger partial charge in [-0.15, -0.1) is 5.10 Å². The molecule has 98 valence electrons. The Bertz CT molecular complexity index is 337. The van der Waals surface area contributed by atoms with Crippen LogP contribution in [-0.4, -0.2) is 22.9 Å². The minimum Gasteiger partial charge on any atom is -0.406 e. The zero-order valence-corrected chi connectivity index (χ0v) is 9.42. The lowest BCUT2D eigenvalue weighted by Crippen LogP contribution is -2.08. The number of unbranched alkanes of at least 4 members (excludes halogenated alkanes) is 1. The highest BCUT2D eigenvalue weighted by atomic mass is 19.4. The monoisotopic (exact) mass is 252 g/mol. The van der Waals surface area contributed by atoms with E-state index in [1.54, 1.807) is 6.92 Å². The minimum absolute atomic E-state index is 0.0742. The van der Waals surface area contributed by atoms with Crippen molar-refractivity contribution in [2.24, 2.45) is 5.73 Å². The second-order valence-electron chi connectivity index (χ2n) is 3.73. The Hall–Kier alpha value is -1.31. The van der Waals surface area contributed by atoms with Gasteiger partial charge in [0.05, 0.1) is 6.04 Å².